The maximum Gasteiger partial charge on any atom is 0.326 e. The maximum absolute atomic E-state index is 11.7. The molecule has 5 heteroatoms. The quantitative estimate of drug-likeness (QED) is 0.898. The molecule has 106 valence electrons. The van der Waals surface area contributed by atoms with Crippen LogP contribution in [0.15, 0.2) is 22.7 Å². The minimum absolute atomic E-state index is 0.320. The SMILES string of the molecule is CC1(C)CCCN(c2cc(Br)ccc2C#N)C1C(=O)O. The molecule has 0 spiro atoms. The van der Waals surface area contributed by atoms with Crippen LogP contribution in [-0.4, -0.2) is 23.7 Å². The zero-order valence-corrected chi connectivity index (χ0v) is 13.1. The largest absolute Gasteiger partial charge is 0.480 e. The first-order valence-electron chi connectivity index (χ1n) is 6.56. The predicted molar refractivity (Wildman–Crippen MR) is 80.6 cm³/mol. The van der Waals surface area contributed by atoms with Crippen molar-refractivity contribution in [2.75, 3.05) is 11.4 Å². The Morgan fingerprint density at radius 3 is 2.85 bits per heavy atom. The van der Waals surface area contributed by atoms with Gasteiger partial charge in [0.05, 0.1) is 11.3 Å². The molecule has 1 saturated heterocycles. The van der Waals surface area contributed by atoms with E-state index in [1.165, 1.54) is 0 Å². The Kier molecular flexibility index (Phi) is 4.05. The molecular formula is C15H17BrN2O2. The van der Waals surface area contributed by atoms with E-state index in [1.807, 2.05) is 24.8 Å². The zero-order valence-electron chi connectivity index (χ0n) is 11.6. The van der Waals surface area contributed by atoms with Crippen molar-refractivity contribution in [2.24, 2.45) is 5.41 Å². The molecule has 1 aromatic rings. The summed E-state index contributed by atoms with van der Waals surface area (Å²) in [5.74, 6) is -0.835. The highest BCUT2D eigenvalue weighted by Crippen LogP contribution is 2.39. The molecule has 0 saturated carbocycles. The Balaban J connectivity index is 2.52. The van der Waals surface area contributed by atoms with Crippen LogP contribution < -0.4 is 4.90 Å². The monoisotopic (exact) mass is 336 g/mol. The van der Waals surface area contributed by atoms with Gasteiger partial charge in [-0.2, -0.15) is 5.26 Å². The highest BCUT2D eigenvalue weighted by Gasteiger charge is 2.43. The summed E-state index contributed by atoms with van der Waals surface area (Å²) in [6.07, 6.45) is 1.80. The van der Waals surface area contributed by atoms with Crippen molar-refractivity contribution in [2.45, 2.75) is 32.7 Å². The van der Waals surface area contributed by atoms with Crippen LogP contribution in [0, 0.1) is 16.7 Å². The smallest absolute Gasteiger partial charge is 0.326 e. The van der Waals surface area contributed by atoms with Crippen LogP contribution >= 0.6 is 15.9 Å². The molecule has 1 atom stereocenters. The maximum atomic E-state index is 11.7. The first kappa shape index (κ1) is 14.9. The van der Waals surface area contributed by atoms with Crippen molar-refractivity contribution in [1.82, 2.24) is 0 Å². The lowest BCUT2D eigenvalue weighted by Crippen LogP contribution is -2.54. The van der Waals surface area contributed by atoms with Gasteiger partial charge in [-0.05, 0) is 36.5 Å². The molecule has 1 fully saturated rings. The molecule has 20 heavy (non-hydrogen) atoms. The van der Waals surface area contributed by atoms with E-state index in [4.69, 9.17) is 0 Å². The number of carbonyl (C=O) groups is 1. The Morgan fingerprint density at radius 2 is 2.25 bits per heavy atom. The summed E-state index contributed by atoms with van der Waals surface area (Å²) in [4.78, 5) is 13.6. The lowest BCUT2D eigenvalue weighted by molar-refractivity contribution is -0.142. The Bertz CT molecular complexity index is 578. The molecule has 1 aromatic carbocycles. The van der Waals surface area contributed by atoms with Gasteiger partial charge in [0.2, 0.25) is 0 Å². The lowest BCUT2D eigenvalue weighted by atomic mass is 9.76. The van der Waals surface area contributed by atoms with Gasteiger partial charge < -0.3 is 10.0 Å². The first-order valence-corrected chi connectivity index (χ1v) is 7.35. The van der Waals surface area contributed by atoms with E-state index in [0.29, 0.717) is 17.8 Å². The minimum Gasteiger partial charge on any atom is -0.480 e. The van der Waals surface area contributed by atoms with Gasteiger partial charge in [-0.15, -0.1) is 0 Å². The van der Waals surface area contributed by atoms with Crippen LogP contribution in [0.3, 0.4) is 0 Å². The van der Waals surface area contributed by atoms with E-state index < -0.39 is 12.0 Å². The van der Waals surface area contributed by atoms with Gasteiger partial charge in [0.25, 0.3) is 0 Å². The van der Waals surface area contributed by atoms with Crippen molar-refractivity contribution in [3.63, 3.8) is 0 Å². The van der Waals surface area contributed by atoms with Crippen molar-refractivity contribution in [3.8, 4) is 6.07 Å². The number of carboxylic acids is 1. The zero-order chi connectivity index (χ0) is 14.9. The Morgan fingerprint density at radius 1 is 1.55 bits per heavy atom. The minimum atomic E-state index is -0.835. The lowest BCUT2D eigenvalue weighted by Gasteiger charge is -2.45. The first-order chi connectivity index (χ1) is 9.36. The van der Waals surface area contributed by atoms with E-state index >= 15 is 0 Å². The molecular weight excluding hydrogens is 320 g/mol. The average Bonchev–Trinajstić information content (AvgIpc) is 2.36. The molecule has 1 aliphatic heterocycles. The number of benzene rings is 1. The summed E-state index contributed by atoms with van der Waals surface area (Å²) in [5.41, 5.74) is 0.887. The van der Waals surface area contributed by atoms with Crippen LogP contribution in [0.5, 0.6) is 0 Å². The van der Waals surface area contributed by atoms with Crippen molar-refractivity contribution < 1.29 is 9.90 Å². The third-order valence-corrected chi connectivity index (χ3v) is 4.39. The highest BCUT2D eigenvalue weighted by molar-refractivity contribution is 9.10. The summed E-state index contributed by atoms with van der Waals surface area (Å²) in [6, 6.07) is 6.89. The number of halogens is 1. The standard InChI is InChI=1S/C15H17BrN2O2/c1-15(2)6-3-7-18(13(15)14(19)20)12-8-11(16)5-4-10(12)9-17/h4-5,8,13H,3,6-7H2,1-2H3,(H,19,20). The normalized spacial score (nSPS) is 21.3. The fourth-order valence-electron chi connectivity index (χ4n) is 2.96. The van der Waals surface area contributed by atoms with E-state index in [9.17, 15) is 15.2 Å². The molecule has 0 aliphatic carbocycles. The van der Waals surface area contributed by atoms with Crippen LogP contribution in [0.1, 0.15) is 32.3 Å². The fraction of sp³-hybridized carbons (Fsp3) is 0.467. The van der Waals surface area contributed by atoms with E-state index in [2.05, 4.69) is 22.0 Å². The molecule has 0 bridgehead atoms. The second kappa shape index (κ2) is 5.45. The van der Waals surface area contributed by atoms with Gasteiger partial charge in [0.1, 0.15) is 12.1 Å². The summed E-state index contributed by atoms with van der Waals surface area (Å²) in [7, 11) is 0. The van der Waals surface area contributed by atoms with Gasteiger partial charge in [-0.3, -0.25) is 0 Å². The Labute approximate surface area is 127 Å². The number of piperidine rings is 1. The number of aliphatic carboxylic acids is 1. The molecule has 1 unspecified atom stereocenters. The van der Waals surface area contributed by atoms with Crippen molar-refractivity contribution in [1.29, 1.82) is 5.26 Å². The molecule has 0 amide bonds. The second-order valence-electron chi connectivity index (χ2n) is 5.80. The molecule has 1 heterocycles. The van der Waals surface area contributed by atoms with Crippen molar-refractivity contribution >= 4 is 27.6 Å². The third-order valence-electron chi connectivity index (χ3n) is 3.90. The predicted octanol–water partition coefficient (Wildman–Crippen LogP) is 3.40. The second-order valence-corrected chi connectivity index (χ2v) is 6.72. The third kappa shape index (κ3) is 2.66. The number of rotatable bonds is 2. The summed E-state index contributed by atoms with van der Waals surface area (Å²) in [5, 5.41) is 18.9. The topological polar surface area (TPSA) is 64.3 Å². The van der Waals surface area contributed by atoms with Crippen LogP contribution in [-0.2, 0) is 4.79 Å². The molecule has 1 aliphatic rings. The summed E-state index contributed by atoms with van der Waals surface area (Å²) < 4.78 is 0.846. The summed E-state index contributed by atoms with van der Waals surface area (Å²) >= 11 is 3.39. The van der Waals surface area contributed by atoms with E-state index in [1.54, 1.807) is 12.1 Å². The molecule has 2 rings (SSSR count). The van der Waals surface area contributed by atoms with Gasteiger partial charge >= 0.3 is 5.97 Å². The van der Waals surface area contributed by atoms with E-state index in [-0.39, 0.29) is 5.41 Å². The molecule has 1 N–H and O–H groups in total. The van der Waals surface area contributed by atoms with Crippen LogP contribution in [0.2, 0.25) is 0 Å². The van der Waals surface area contributed by atoms with Crippen molar-refractivity contribution in [3.05, 3.63) is 28.2 Å². The number of nitriles is 1. The number of hydrogen-bond donors (Lipinski definition) is 1. The Hall–Kier alpha value is -1.54. The molecule has 4 nitrogen and oxygen atoms in total. The van der Waals surface area contributed by atoms with Gasteiger partial charge in [0.15, 0.2) is 0 Å². The summed E-state index contributed by atoms with van der Waals surface area (Å²) in [6.45, 7) is 4.61. The van der Waals surface area contributed by atoms with Crippen LogP contribution in [0.25, 0.3) is 0 Å². The van der Waals surface area contributed by atoms with Gasteiger partial charge in [-0.1, -0.05) is 29.8 Å². The molecule has 0 aromatic heterocycles. The average molecular weight is 337 g/mol. The highest BCUT2D eigenvalue weighted by atomic mass is 79.9. The molecule has 0 radical (unpaired) electrons. The van der Waals surface area contributed by atoms with Gasteiger partial charge in [0, 0.05) is 11.0 Å². The van der Waals surface area contributed by atoms with E-state index in [0.717, 1.165) is 17.3 Å². The number of anilines is 1. The fourth-order valence-corrected chi connectivity index (χ4v) is 3.31. The van der Waals surface area contributed by atoms with Crippen LogP contribution in [0.4, 0.5) is 5.69 Å². The number of carboxylic acid groups (broad SMARTS) is 1. The number of hydrogen-bond acceptors (Lipinski definition) is 3. The van der Waals surface area contributed by atoms with Gasteiger partial charge in [-0.25, -0.2) is 4.79 Å². The number of nitrogens with zero attached hydrogens (tertiary/aromatic N) is 2.